The van der Waals surface area contributed by atoms with E-state index in [4.69, 9.17) is 5.73 Å². The molecule has 3 N–H and O–H groups in total. The minimum atomic E-state index is -3.50. The molecule has 0 radical (unpaired) electrons. The molecule has 1 amide bonds. The summed E-state index contributed by atoms with van der Waals surface area (Å²) in [7, 11) is -1.97. The van der Waals surface area contributed by atoms with Crippen molar-refractivity contribution in [3.05, 3.63) is 29.8 Å². The molecule has 1 fully saturated rings. The molecule has 1 aliphatic heterocycles. The molecule has 6 nitrogen and oxygen atoms in total. The third-order valence-corrected chi connectivity index (χ3v) is 5.05. The molecule has 1 heterocycles. The number of rotatable bonds is 3. The number of nitrogens with one attached hydrogen (secondary N) is 1. The Kier molecular flexibility index (Phi) is 5.52. The first-order chi connectivity index (χ1) is 8.95. The monoisotopic (exact) mass is 319 g/mol. The Hall–Kier alpha value is -1.15. The third-order valence-electron chi connectivity index (χ3n) is 3.17. The van der Waals surface area contributed by atoms with Gasteiger partial charge in [-0.1, -0.05) is 0 Å². The van der Waals surface area contributed by atoms with E-state index in [9.17, 15) is 13.2 Å². The highest BCUT2D eigenvalue weighted by atomic mass is 35.5. The van der Waals surface area contributed by atoms with Crippen molar-refractivity contribution in [1.29, 1.82) is 0 Å². The SMILES string of the molecule is CNC(=O)c1ccc(S(=O)(=O)N2CC[C@H](N)C2)cc1.Cl. The highest BCUT2D eigenvalue weighted by Crippen LogP contribution is 2.20. The number of halogens is 1. The average Bonchev–Trinajstić information content (AvgIpc) is 2.85. The van der Waals surface area contributed by atoms with Crippen molar-refractivity contribution in [2.75, 3.05) is 20.1 Å². The topological polar surface area (TPSA) is 92.5 Å². The quantitative estimate of drug-likeness (QED) is 0.832. The van der Waals surface area contributed by atoms with Crippen LogP contribution < -0.4 is 11.1 Å². The highest BCUT2D eigenvalue weighted by molar-refractivity contribution is 7.89. The largest absolute Gasteiger partial charge is 0.355 e. The maximum absolute atomic E-state index is 12.3. The summed E-state index contributed by atoms with van der Waals surface area (Å²) < 4.78 is 26.0. The second-order valence-corrected chi connectivity index (χ2v) is 6.45. The maximum Gasteiger partial charge on any atom is 0.251 e. The van der Waals surface area contributed by atoms with Crippen LogP contribution in [0.4, 0.5) is 0 Å². The van der Waals surface area contributed by atoms with Gasteiger partial charge in [-0.2, -0.15) is 4.31 Å². The van der Waals surface area contributed by atoms with Gasteiger partial charge >= 0.3 is 0 Å². The molecular formula is C12H18ClN3O3S. The number of hydrogen-bond acceptors (Lipinski definition) is 4. The van der Waals surface area contributed by atoms with Crippen LogP contribution in [0.3, 0.4) is 0 Å². The van der Waals surface area contributed by atoms with Gasteiger partial charge in [0.1, 0.15) is 0 Å². The molecule has 0 aliphatic carbocycles. The fourth-order valence-electron chi connectivity index (χ4n) is 2.04. The first-order valence-electron chi connectivity index (χ1n) is 6.03. The predicted molar refractivity (Wildman–Crippen MR) is 78.4 cm³/mol. The minimum Gasteiger partial charge on any atom is -0.355 e. The lowest BCUT2D eigenvalue weighted by Crippen LogP contribution is -2.32. The van der Waals surface area contributed by atoms with Gasteiger partial charge in [-0.05, 0) is 30.7 Å². The zero-order chi connectivity index (χ0) is 14.0. The Labute approximate surface area is 124 Å². The zero-order valence-corrected chi connectivity index (χ0v) is 12.7. The number of nitrogens with two attached hydrogens (primary N) is 1. The molecular weight excluding hydrogens is 302 g/mol. The Bertz CT molecular complexity index is 574. The molecule has 0 unspecified atom stereocenters. The van der Waals surface area contributed by atoms with Crippen LogP contribution in [0.1, 0.15) is 16.8 Å². The molecule has 0 aromatic heterocycles. The van der Waals surface area contributed by atoms with Crippen LogP contribution in [0.25, 0.3) is 0 Å². The summed E-state index contributed by atoms with van der Waals surface area (Å²) in [5.41, 5.74) is 6.15. The number of carbonyl (C=O) groups is 1. The first-order valence-corrected chi connectivity index (χ1v) is 7.47. The summed E-state index contributed by atoms with van der Waals surface area (Å²) >= 11 is 0. The molecule has 0 saturated carbocycles. The summed E-state index contributed by atoms with van der Waals surface area (Å²) in [5, 5.41) is 2.49. The summed E-state index contributed by atoms with van der Waals surface area (Å²) in [5.74, 6) is -0.243. The van der Waals surface area contributed by atoms with Crippen molar-refractivity contribution < 1.29 is 13.2 Å². The number of hydrogen-bond donors (Lipinski definition) is 2. The number of amides is 1. The van der Waals surface area contributed by atoms with Gasteiger partial charge in [-0.25, -0.2) is 8.42 Å². The molecule has 1 saturated heterocycles. The molecule has 0 spiro atoms. The van der Waals surface area contributed by atoms with Crippen LogP contribution in [0.5, 0.6) is 0 Å². The molecule has 1 atom stereocenters. The Morgan fingerprint density at radius 3 is 2.40 bits per heavy atom. The van der Waals surface area contributed by atoms with Gasteiger partial charge in [0.05, 0.1) is 4.90 Å². The summed E-state index contributed by atoms with van der Waals surface area (Å²) in [4.78, 5) is 11.6. The highest BCUT2D eigenvalue weighted by Gasteiger charge is 2.30. The second kappa shape index (κ2) is 6.53. The van der Waals surface area contributed by atoms with E-state index in [1.165, 1.54) is 35.6 Å². The van der Waals surface area contributed by atoms with Crippen molar-refractivity contribution in [3.8, 4) is 0 Å². The number of nitrogens with zero attached hydrogens (tertiary/aromatic N) is 1. The van der Waals surface area contributed by atoms with E-state index >= 15 is 0 Å². The lowest BCUT2D eigenvalue weighted by molar-refractivity contribution is 0.0963. The molecule has 1 aromatic rings. The average molecular weight is 320 g/mol. The first kappa shape index (κ1) is 16.9. The van der Waals surface area contributed by atoms with Crippen LogP contribution in [-0.4, -0.2) is 44.8 Å². The van der Waals surface area contributed by atoms with Gasteiger partial charge < -0.3 is 11.1 Å². The summed E-state index contributed by atoms with van der Waals surface area (Å²) in [6, 6.07) is 5.80. The number of benzene rings is 1. The standard InChI is InChI=1S/C12H17N3O3S.ClH/c1-14-12(16)9-2-4-11(5-3-9)19(17,18)15-7-6-10(13)8-15;/h2-5,10H,6-8,13H2,1H3,(H,14,16);1H/t10-;/m0./s1. The lowest BCUT2D eigenvalue weighted by Gasteiger charge is -2.16. The number of carbonyl (C=O) groups excluding carboxylic acids is 1. The van der Waals surface area contributed by atoms with Crippen molar-refractivity contribution in [2.45, 2.75) is 17.4 Å². The van der Waals surface area contributed by atoms with E-state index in [1.54, 1.807) is 0 Å². The van der Waals surface area contributed by atoms with Crippen LogP contribution in [-0.2, 0) is 10.0 Å². The van der Waals surface area contributed by atoms with E-state index in [-0.39, 0.29) is 29.3 Å². The van der Waals surface area contributed by atoms with Crippen LogP contribution >= 0.6 is 12.4 Å². The Morgan fingerprint density at radius 2 is 1.95 bits per heavy atom. The van der Waals surface area contributed by atoms with Gasteiger partial charge in [0.25, 0.3) is 5.91 Å². The molecule has 20 heavy (non-hydrogen) atoms. The van der Waals surface area contributed by atoms with E-state index in [2.05, 4.69) is 5.32 Å². The van der Waals surface area contributed by atoms with E-state index in [0.29, 0.717) is 25.1 Å². The van der Waals surface area contributed by atoms with Crippen molar-refractivity contribution in [1.82, 2.24) is 9.62 Å². The molecule has 112 valence electrons. The molecule has 0 bridgehead atoms. The Morgan fingerprint density at radius 1 is 1.35 bits per heavy atom. The van der Waals surface area contributed by atoms with Crippen molar-refractivity contribution >= 4 is 28.3 Å². The normalized spacial score (nSPS) is 19.4. The lowest BCUT2D eigenvalue weighted by atomic mass is 10.2. The van der Waals surface area contributed by atoms with Crippen molar-refractivity contribution in [2.24, 2.45) is 5.73 Å². The van der Waals surface area contributed by atoms with Gasteiger partial charge in [-0.15, -0.1) is 12.4 Å². The summed E-state index contributed by atoms with van der Waals surface area (Å²) in [6.07, 6.45) is 0.676. The van der Waals surface area contributed by atoms with Gasteiger partial charge in [0, 0.05) is 31.7 Å². The predicted octanol–water partition coefficient (Wildman–Crippen LogP) is 0.190. The molecule has 1 aliphatic rings. The van der Waals surface area contributed by atoms with Crippen LogP contribution in [0.15, 0.2) is 29.2 Å². The van der Waals surface area contributed by atoms with Gasteiger partial charge in [0.2, 0.25) is 10.0 Å². The van der Waals surface area contributed by atoms with E-state index in [0.717, 1.165) is 0 Å². The fraction of sp³-hybridized carbons (Fsp3) is 0.417. The maximum atomic E-state index is 12.3. The summed E-state index contributed by atoms with van der Waals surface area (Å²) in [6.45, 7) is 0.792. The molecule has 1 aromatic carbocycles. The molecule has 8 heteroatoms. The van der Waals surface area contributed by atoms with Gasteiger partial charge in [-0.3, -0.25) is 4.79 Å². The molecule has 2 rings (SSSR count). The van der Waals surface area contributed by atoms with Crippen LogP contribution in [0, 0.1) is 0 Å². The van der Waals surface area contributed by atoms with E-state index < -0.39 is 10.0 Å². The zero-order valence-electron chi connectivity index (χ0n) is 11.1. The van der Waals surface area contributed by atoms with E-state index in [1.807, 2.05) is 0 Å². The van der Waals surface area contributed by atoms with Crippen LogP contribution in [0.2, 0.25) is 0 Å². The Balaban J connectivity index is 0.00000200. The second-order valence-electron chi connectivity index (χ2n) is 4.52. The number of sulfonamides is 1. The van der Waals surface area contributed by atoms with Crippen molar-refractivity contribution in [3.63, 3.8) is 0 Å². The minimum absolute atomic E-state index is 0. The fourth-order valence-corrected chi connectivity index (χ4v) is 3.56. The van der Waals surface area contributed by atoms with Gasteiger partial charge in [0.15, 0.2) is 0 Å². The smallest absolute Gasteiger partial charge is 0.251 e. The third kappa shape index (κ3) is 3.29.